The van der Waals surface area contributed by atoms with E-state index in [-0.39, 0.29) is 12.3 Å². The number of aliphatic carboxylic acids is 1. The van der Waals surface area contributed by atoms with Gasteiger partial charge in [0.2, 0.25) is 0 Å². The summed E-state index contributed by atoms with van der Waals surface area (Å²) in [6, 6.07) is 7.22. The molecule has 0 saturated heterocycles. The Balaban J connectivity index is 2.15. The molecular weight excluding hydrogens is 330 g/mol. The normalized spacial score (nSPS) is 10.5. The van der Waals surface area contributed by atoms with Crippen LogP contribution in [0.1, 0.15) is 47.6 Å². The van der Waals surface area contributed by atoms with Crippen LogP contribution in [0.3, 0.4) is 0 Å². The third-order valence-corrected chi connectivity index (χ3v) is 4.18. The second-order valence-corrected chi connectivity index (χ2v) is 6.49. The Hall–Kier alpha value is -2.89. The lowest BCUT2D eigenvalue weighted by atomic mass is 10.1. The molecule has 0 bridgehead atoms. The molecule has 1 aromatic carbocycles. The average Bonchev–Trinajstić information content (AvgIpc) is 2.87. The fourth-order valence-corrected chi connectivity index (χ4v) is 2.72. The van der Waals surface area contributed by atoms with Crippen molar-refractivity contribution in [2.45, 2.75) is 40.5 Å². The van der Waals surface area contributed by atoms with Crippen LogP contribution in [0, 0.1) is 13.8 Å². The molecule has 26 heavy (non-hydrogen) atoms. The third kappa shape index (κ3) is 4.81. The number of carboxylic acid groups (broad SMARTS) is 1. The van der Waals surface area contributed by atoms with Gasteiger partial charge >= 0.3 is 5.97 Å². The van der Waals surface area contributed by atoms with Crippen molar-refractivity contribution in [2.75, 3.05) is 6.54 Å². The van der Waals surface area contributed by atoms with Gasteiger partial charge in [-0.2, -0.15) is 5.10 Å². The minimum absolute atomic E-state index is 0.0815. The number of hydrogen-bond donors (Lipinski definition) is 2. The largest absolute Gasteiger partial charge is 0.481 e. The number of rotatable bonds is 7. The van der Waals surface area contributed by atoms with Gasteiger partial charge in [-0.3, -0.25) is 9.59 Å². The number of aryl methyl sites for hydroxylation is 1. The second-order valence-electron chi connectivity index (χ2n) is 6.49. The fraction of sp³-hybridized carbons (Fsp3) is 0.350. The third-order valence-electron chi connectivity index (χ3n) is 4.18. The summed E-state index contributed by atoms with van der Waals surface area (Å²) in [6.45, 7) is 8.29. The predicted molar refractivity (Wildman–Crippen MR) is 101 cm³/mol. The molecule has 0 fully saturated rings. The van der Waals surface area contributed by atoms with Crippen LogP contribution in [-0.2, 0) is 11.2 Å². The van der Waals surface area contributed by atoms with Gasteiger partial charge in [-0.05, 0) is 63.9 Å². The highest BCUT2D eigenvalue weighted by molar-refractivity contribution is 5.94. The number of benzene rings is 1. The lowest BCUT2D eigenvalue weighted by molar-refractivity contribution is -0.136. The Labute approximate surface area is 153 Å². The van der Waals surface area contributed by atoms with Crippen LogP contribution in [-0.4, -0.2) is 33.3 Å². The maximum atomic E-state index is 12.1. The van der Waals surface area contributed by atoms with Gasteiger partial charge in [0.05, 0.1) is 11.4 Å². The van der Waals surface area contributed by atoms with Gasteiger partial charge < -0.3 is 10.4 Å². The highest BCUT2D eigenvalue weighted by atomic mass is 16.4. The van der Waals surface area contributed by atoms with Gasteiger partial charge in [0.25, 0.3) is 5.91 Å². The molecule has 1 aromatic heterocycles. The van der Waals surface area contributed by atoms with Crippen molar-refractivity contribution < 1.29 is 14.7 Å². The standard InChI is InChI=1S/C20H25N3O3/c1-13(2)11-12-21-20(26)16-5-7-17(8-6-16)23-15(4)18(14(3)22-23)9-10-19(24)25/h5-8,11H,9-10,12H2,1-4H3,(H,21,26)(H,24,25). The monoisotopic (exact) mass is 355 g/mol. The summed E-state index contributed by atoms with van der Waals surface area (Å²) < 4.78 is 1.79. The number of nitrogens with zero attached hydrogens (tertiary/aromatic N) is 2. The second kappa shape index (κ2) is 8.47. The first-order chi connectivity index (χ1) is 12.3. The van der Waals surface area contributed by atoms with Crippen LogP contribution in [0.5, 0.6) is 0 Å². The van der Waals surface area contributed by atoms with Crippen molar-refractivity contribution in [3.8, 4) is 5.69 Å². The van der Waals surface area contributed by atoms with Crippen molar-refractivity contribution in [1.29, 1.82) is 0 Å². The van der Waals surface area contributed by atoms with Crippen LogP contribution in [0.4, 0.5) is 0 Å². The summed E-state index contributed by atoms with van der Waals surface area (Å²) in [5, 5.41) is 16.3. The van der Waals surface area contributed by atoms with Crippen LogP contribution in [0.25, 0.3) is 5.69 Å². The first kappa shape index (κ1) is 19.4. The smallest absolute Gasteiger partial charge is 0.303 e. The van der Waals surface area contributed by atoms with Gasteiger partial charge in [0.1, 0.15) is 0 Å². The predicted octanol–water partition coefficient (Wildman–Crippen LogP) is 3.20. The molecule has 2 aromatic rings. The first-order valence-electron chi connectivity index (χ1n) is 8.58. The van der Waals surface area contributed by atoms with Crippen LogP contribution < -0.4 is 5.32 Å². The molecule has 0 aliphatic rings. The minimum atomic E-state index is -0.819. The van der Waals surface area contributed by atoms with Gasteiger partial charge in [0, 0.05) is 24.2 Å². The molecule has 1 heterocycles. The van der Waals surface area contributed by atoms with E-state index in [1.54, 1.807) is 16.8 Å². The molecule has 0 aliphatic carbocycles. The van der Waals surface area contributed by atoms with Crippen molar-refractivity contribution in [1.82, 2.24) is 15.1 Å². The van der Waals surface area contributed by atoms with Gasteiger partial charge in [-0.1, -0.05) is 11.6 Å². The van der Waals surface area contributed by atoms with E-state index in [0.717, 1.165) is 28.2 Å². The minimum Gasteiger partial charge on any atom is -0.481 e. The van der Waals surface area contributed by atoms with E-state index in [9.17, 15) is 9.59 Å². The maximum Gasteiger partial charge on any atom is 0.303 e. The Bertz CT molecular complexity index is 829. The van der Waals surface area contributed by atoms with Gasteiger partial charge in [-0.25, -0.2) is 4.68 Å². The van der Waals surface area contributed by atoms with E-state index in [1.807, 2.05) is 45.9 Å². The summed E-state index contributed by atoms with van der Waals surface area (Å²) in [6.07, 6.45) is 2.50. The zero-order valence-corrected chi connectivity index (χ0v) is 15.7. The summed E-state index contributed by atoms with van der Waals surface area (Å²) in [4.78, 5) is 22.9. The van der Waals surface area contributed by atoms with E-state index in [2.05, 4.69) is 10.4 Å². The van der Waals surface area contributed by atoms with Crippen LogP contribution >= 0.6 is 0 Å². The number of allylic oxidation sites excluding steroid dienone is 1. The Morgan fingerprint density at radius 3 is 2.42 bits per heavy atom. The lowest BCUT2D eigenvalue weighted by Crippen LogP contribution is -2.23. The highest BCUT2D eigenvalue weighted by Crippen LogP contribution is 2.19. The summed E-state index contributed by atoms with van der Waals surface area (Å²) in [5.74, 6) is -0.940. The molecule has 6 heteroatoms. The molecule has 0 unspecified atom stereocenters. The Morgan fingerprint density at radius 1 is 1.19 bits per heavy atom. The molecular formula is C20H25N3O3. The molecule has 0 aliphatic heterocycles. The van der Waals surface area contributed by atoms with Crippen molar-refractivity contribution in [3.63, 3.8) is 0 Å². The summed E-state index contributed by atoms with van der Waals surface area (Å²) in [7, 11) is 0. The molecule has 2 N–H and O–H groups in total. The zero-order chi connectivity index (χ0) is 19.3. The zero-order valence-electron chi connectivity index (χ0n) is 15.7. The van der Waals surface area contributed by atoms with Crippen molar-refractivity contribution in [3.05, 3.63) is 58.4 Å². The molecule has 0 spiro atoms. The Kier molecular flexibility index (Phi) is 6.33. The fourth-order valence-electron chi connectivity index (χ4n) is 2.72. The maximum absolute atomic E-state index is 12.1. The molecule has 6 nitrogen and oxygen atoms in total. The van der Waals surface area contributed by atoms with Crippen molar-refractivity contribution in [2.24, 2.45) is 0 Å². The lowest BCUT2D eigenvalue weighted by Gasteiger charge is -2.07. The summed E-state index contributed by atoms with van der Waals surface area (Å²) >= 11 is 0. The number of carboxylic acids is 1. The number of aromatic nitrogens is 2. The molecule has 1 amide bonds. The highest BCUT2D eigenvalue weighted by Gasteiger charge is 2.14. The van der Waals surface area contributed by atoms with Crippen LogP contribution in [0.15, 0.2) is 35.9 Å². The number of carbonyl (C=O) groups is 2. The number of hydrogen-bond acceptors (Lipinski definition) is 3. The van der Waals surface area contributed by atoms with E-state index in [0.29, 0.717) is 18.5 Å². The number of carbonyl (C=O) groups excluding carboxylic acids is 1. The molecule has 0 saturated carbocycles. The molecule has 2 rings (SSSR count). The van der Waals surface area contributed by atoms with E-state index in [4.69, 9.17) is 5.11 Å². The van der Waals surface area contributed by atoms with Crippen molar-refractivity contribution >= 4 is 11.9 Å². The Morgan fingerprint density at radius 2 is 1.85 bits per heavy atom. The SMILES string of the molecule is CC(C)=CCNC(=O)c1ccc(-n2nc(C)c(CCC(=O)O)c2C)cc1. The van der Waals surface area contributed by atoms with Gasteiger partial charge in [0.15, 0.2) is 0 Å². The van der Waals surface area contributed by atoms with E-state index < -0.39 is 5.97 Å². The van der Waals surface area contributed by atoms with E-state index >= 15 is 0 Å². The summed E-state index contributed by atoms with van der Waals surface area (Å²) in [5.41, 5.74) is 5.29. The number of nitrogens with one attached hydrogen (secondary N) is 1. The average molecular weight is 355 g/mol. The van der Waals surface area contributed by atoms with Crippen LogP contribution in [0.2, 0.25) is 0 Å². The molecule has 0 atom stereocenters. The van der Waals surface area contributed by atoms with Gasteiger partial charge in [-0.15, -0.1) is 0 Å². The quantitative estimate of drug-likeness (QED) is 0.747. The molecule has 138 valence electrons. The first-order valence-corrected chi connectivity index (χ1v) is 8.58. The van der Waals surface area contributed by atoms with E-state index in [1.165, 1.54) is 0 Å². The number of amides is 1. The topological polar surface area (TPSA) is 84.2 Å². The molecule has 0 radical (unpaired) electrons.